The van der Waals surface area contributed by atoms with E-state index in [1.807, 2.05) is 6.92 Å². The maximum atomic E-state index is 12.2. The summed E-state index contributed by atoms with van der Waals surface area (Å²) in [5, 5.41) is 0. The van der Waals surface area contributed by atoms with Gasteiger partial charge in [-0.3, -0.25) is 4.79 Å². The lowest BCUT2D eigenvalue weighted by molar-refractivity contribution is -0.134. The summed E-state index contributed by atoms with van der Waals surface area (Å²) in [6.07, 6.45) is 2.90. The van der Waals surface area contributed by atoms with Gasteiger partial charge in [-0.05, 0) is 24.0 Å². The normalized spacial score (nSPS) is 24.2. The molecule has 118 valence electrons. The highest BCUT2D eigenvalue weighted by Gasteiger charge is 2.50. The van der Waals surface area contributed by atoms with E-state index in [0.29, 0.717) is 0 Å². The zero-order valence-corrected chi connectivity index (χ0v) is 13.2. The summed E-state index contributed by atoms with van der Waals surface area (Å²) >= 11 is 0. The number of methoxy groups -OCH3 is 1. The van der Waals surface area contributed by atoms with E-state index in [9.17, 15) is 18.0 Å². The maximum Gasteiger partial charge on any atom is 0.330 e. The summed E-state index contributed by atoms with van der Waals surface area (Å²) in [6, 6.07) is 7.93. The van der Waals surface area contributed by atoms with E-state index in [0.717, 1.165) is 0 Å². The summed E-state index contributed by atoms with van der Waals surface area (Å²) in [5.74, 6) is -1.70. The molecule has 1 saturated carbocycles. The van der Waals surface area contributed by atoms with E-state index in [1.54, 1.807) is 24.3 Å². The van der Waals surface area contributed by atoms with Crippen molar-refractivity contribution in [1.29, 1.82) is 0 Å². The van der Waals surface area contributed by atoms with Crippen LogP contribution in [0.5, 0.6) is 0 Å². The Morgan fingerprint density at radius 2 is 1.86 bits per heavy atom. The first-order valence-corrected chi connectivity index (χ1v) is 8.58. The van der Waals surface area contributed by atoms with E-state index < -0.39 is 21.6 Å². The molecule has 2 rings (SSSR count). The molecule has 22 heavy (non-hydrogen) atoms. The second kappa shape index (κ2) is 6.44. The van der Waals surface area contributed by atoms with Gasteiger partial charge in [0.15, 0.2) is 15.6 Å². The molecule has 1 fully saturated rings. The van der Waals surface area contributed by atoms with E-state index in [4.69, 9.17) is 0 Å². The van der Waals surface area contributed by atoms with Crippen LogP contribution in [0.25, 0.3) is 0 Å². The quantitative estimate of drug-likeness (QED) is 0.588. The smallest absolute Gasteiger partial charge is 0.330 e. The van der Waals surface area contributed by atoms with Crippen molar-refractivity contribution < 1.29 is 22.7 Å². The Hall–Kier alpha value is -1.95. The standard InChI is InChI=1S/C16H18O5S/c1-11-13(8-9-15(18)21-2)16(11)14(17)10-22(19,20)12-6-4-3-5-7-12/h3-9,11,13,16H,10H2,1-2H3/b9-8-/t11-,13+,16+/m1/s1. The number of hydrogen-bond donors (Lipinski definition) is 0. The lowest BCUT2D eigenvalue weighted by Crippen LogP contribution is -2.18. The molecule has 0 amide bonds. The fourth-order valence-corrected chi connectivity index (χ4v) is 3.85. The van der Waals surface area contributed by atoms with Crippen LogP contribution in [0.1, 0.15) is 6.92 Å². The Labute approximate surface area is 129 Å². The van der Waals surface area contributed by atoms with Gasteiger partial charge in [-0.1, -0.05) is 31.2 Å². The second-order valence-electron chi connectivity index (χ2n) is 5.38. The molecule has 0 saturated heterocycles. The first-order valence-electron chi connectivity index (χ1n) is 6.93. The van der Waals surface area contributed by atoms with Gasteiger partial charge in [0.1, 0.15) is 5.75 Å². The minimum atomic E-state index is -3.61. The molecular weight excluding hydrogens is 304 g/mol. The van der Waals surface area contributed by atoms with Gasteiger partial charge in [0.05, 0.1) is 12.0 Å². The SMILES string of the molecule is COC(=O)/C=C\[C@H]1[C@@H](C)[C@@H]1C(=O)CS(=O)(=O)c1ccccc1. The number of allylic oxidation sites excluding steroid dienone is 1. The van der Waals surface area contributed by atoms with E-state index in [1.165, 1.54) is 25.3 Å². The molecule has 0 heterocycles. The molecule has 0 bridgehead atoms. The lowest BCUT2D eigenvalue weighted by atomic mass is 10.2. The van der Waals surface area contributed by atoms with Crippen molar-refractivity contribution in [2.24, 2.45) is 17.8 Å². The summed E-state index contributed by atoms with van der Waals surface area (Å²) in [7, 11) is -2.34. The van der Waals surface area contributed by atoms with Crippen molar-refractivity contribution in [3.8, 4) is 0 Å². The predicted molar refractivity (Wildman–Crippen MR) is 80.8 cm³/mol. The molecule has 1 aromatic carbocycles. The van der Waals surface area contributed by atoms with Crippen molar-refractivity contribution in [2.75, 3.05) is 12.9 Å². The molecule has 1 aliphatic carbocycles. The lowest BCUT2D eigenvalue weighted by Gasteiger charge is -2.03. The van der Waals surface area contributed by atoms with Gasteiger partial charge < -0.3 is 4.74 Å². The Bertz CT molecular complexity index is 691. The van der Waals surface area contributed by atoms with Gasteiger partial charge in [-0.25, -0.2) is 13.2 Å². The Kier molecular flexibility index (Phi) is 4.81. The van der Waals surface area contributed by atoms with Crippen LogP contribution in [-0.2, 0) is 24.2 Å². The van der Waals surface area contributed by atoms with Crippen LogP contribution in [0.2, 0.25) is 0 Å². The molecule has 0 aromatic heterocycles. The zero-order chi connectivity index (χ0) is 16.3. The topological polar surface area (TPSA) is 77.5 Å². The number of sulfone groups is 1. The number of carbonyl (C=O) groups excluding carboxylic acids is 2. The highest BCUT2D eigenvalue weighted by atomic mass is 32.2. The van der Waals surface area contributed by atoms with Crippen molar-refractivity contribution in [3.63, 3.8) is 0 Å². The van der Waals surface area contributed by atoms with Crippen LogP contribution < -0.4 is 0 Å². The van der Waals surface area contributed by atoms with E-state index in [2.05, 4.69) is 4.74 Å². The van der Waals surface area contributed by atoms with Gasteiger partial charge >= 0.3 is 5.97 Å². The number of esters is 1. The Balaban J connectivity index is 2.02. The summed E-state index contributed by atoms with van der Waals surface area (Å²) < 4.78 is 28.9. The summed E-state index contributed by atoms with van der Waals surface area (Å²) in [4.78, 5) is 23.4. The molecule has 1 aromatic rings. The molecule has 0 unspecified atom stereocenters. The molecule has 0 radical (unpaired) electrons. The van der Waals surface area contributed by atoms with E-state index in [-0.39, 0.29) is 28.4 Å². The number of hydrogen-bond acceptors (Lipinski definition) is 5. The van der Waals surface area contributed by atoms with Crippen LogP contribution in [-0.4, -0.2) is 33.0 Å². The van der Waals surface area contributed by atoms with Crippen molar-refractivity contribution >= 4 is 21.6 Å². The molecule has 0 N–H and O–H groups in total. The largest absolute Gasteiger partial charge is 0.466 e. The van der Waals surface area contributed by atoms with Gasteiger partial charge in [0.2, 0.25) is 0 Å². The third kappa shape index (κ3) is 3.62. The van der Waals surface area contributed by atoms with Crippen LogP contribution in [0.15, 0.2) is 47.4 Å². The van der Waals surface area contributed by atoms with E-state index >= 15 is 0 Å². The fraction of sp³-hybridized carbons (Fsp3) is 0.375. The summed E-state index contributed by atoms with van der Waals surface area (Å²) in [5.41, 5.74) is 0. The molecule has 5 nitrogen and oxygen atoms in total. The molecule has 3 atom stereocenters. The predicted octanol–water partition coefficient (Wildman–Crippen LogP) is 1.64. The minimum absolute atomic E-state index is 0.0411. The number of ketones is 1. The van der Waals surface area contributed by atoms with Gasteiger partial charge in [0, 0.05) is 12.0 Å². The van der Waals surface area contributed by atoms with Crippen LogP contribution in [0.4, 0.5) is 0 Å². The second-order valence-corrected chi connectivity index (χ2v) is 7.37. The highest BCUT2D eigenvalue weighted by molar-refractivity contribution is 7.92. The molecular formula is C16H18O5S. The average molecular weight is 322 g/mol. The first kappa shape index (κ1) is 16.4. The Morgan fingerprint density at radius 1 is 1.23 bits per heavy atom. The molecule has 1 aliphatic rings. The molecule has 0 spiro atoms. The third-order valence-electron chi connectivity index (χ3n) is 3.91. The monoisotopic (exact) mass is 322 g/mol. The number of benzene rings is 1. The maximum absolute atomic E-state index is 12.2. The number of Topliss-reactive ketones (excluding diaryl/α,β-unsaturated/α-hetero) is 1. The number of ether oxygens (including phenoxy) is 1. The van der Waals surface area contributed by atoms with Crippen LogP contribution in [0.3, 0.4) is 0 Å². The highest BCUT2D eigenvalue weighted by Crippen LogP contribution is 2.47. The fourth-order valence-electron chi connectivity index (χ4n) is 2.55. The van der Waals surface area contributed by atoms with Crippen molar-refractivity contribution in [2.45, 2.75) is 11.8 Å². The third-order valence-corrected chi connectivity index (χ3v) is 5.56. The zero-order valence-electron chi connectivity index (χ0n) is 12.4. The summed E-state index contributed by atoms with van der Waals surface area (Å²) in [6.45, 7) is 1.87. The Morgan fingerprint density at radius 3 is 2.45 bits per heavy atom. The first-order chi connectivity index (χ1) is 10.4. The van der Waals surface area contributed by atoms with Crippen LogP contribution >= 0.6 is 0 Å². The van der Waals surface area contributed by atoms with Gasteiger partial charge in [-0.2, -0.15) is 0 Å². The van der Waals surface area contributed by atoms with Gasteiger partial charge in [-0.15, -0.1) is 0 Å². The van der Waals surface area contributed by atoms with Gasteiger partial charge in [0.25, 0.3) is 0 Å². The minimum Gasteiger partial charge on any atom is -0.466 e. The number of carbonyl (C=O) groups is 2. The van der Waals surface area contributed by atoms with Crippen molar-refractivity contribution in [1.82, 2.24) is 0 Å². The van der Waals surface area contributed by atoms with Crippen LogP contribution in [0, 0.1) is 17.8 Å². The molecule has 6 heteroatoms. The van der Waals surface area contributed by atoms with Crippen molar-refractivity contribution in [3.05, 3.63) is 42.5 Å². The molecule has 0 aliphatic heterocycles. The average Bonchev–Trinajstić information content (AvgIpc) is 3.15. The number of rotatable bonds is 6.